The lowest BCUT2D eigenvalue weighted by atomic mass is 9.72. The second kappa shape index (κ2) is 45.6. The third-order valence-electron chi connectivity index (χ3n) is 25.5. The average molecular weight is 1570 g/mol. The van der Waals surface area contributed by atoms with Gasteiger partial charge in [0.1, 0.15) is 0 Å². The Hall–Kier alpha value is -3.25. The van der Waals surface area contributed by atoms with Crippen LogP contribution in [0.15, 0.2) is 0 Å². The minimum Gasteiger partial charge on any atom is -0.381 e. The highest BCUT2D eigenvalue weighted by Crippen LogP contribution is 2.44. The lowest BCUT2D eigenvalue weighted by molar-refractivity contribution is -0.136. The molecule has 0 spiro atoms. The van der Waals surface area contributed by atoms with Crippen LogP contribution in [0.4, 0.5) is 9.59 Å². The first-order chi connectivity index (χ1) is 50.6. The van der Waals surface area contributed by atoms with E-state index in [9.17, 15) is 24.0 Å². The number of ether oxygens (including phenoxy) is 1. The number of likely N-dealkylation sites (tertiary alicyclic amines) is 8. The van der Waals surface area contributed by atoms with Crippen LogP contribution in [0.1, 0.15) is 343 Å². The zero-order valence-corrected chi connectivity index (χ0v) is 79.8. The quantitative estimate of drug-likeness (QED) is 0.249. The van der Waals surface area contributed by atoms with Crippen LogP contribution in [-0.4, -0.2) is 233 Å². The second-order valence-corrected chi connectivity index (χ2v) is 46.3. The van der Waals surface area contributed by atoms with Gasteiger partial charge >= 0.3 is 12.1 Å². The summed E-state index contributed by atoms with van der Waals surface area (Å²) in [5, 5.41) is 8.89. The first kappa shape index (κ1) is 104. The number of nitrogens with one attached hydrogen (secondary N) is 3. The van der Waals surface area contributed by atoms with E-state index in [0.717, 1.165) is 153 Å². The molecular weight excluding hydrogens is 1380 g/mol. The maximum atomic E-state index is 11.6. The van der Waals surface area contributed by atoms with E-state index in [1.54, 1.807) is 20.9 Å². The number of piperidine rings is 5. The Labute approximate surface area is 687 Å². The highest BCUT2D eigenvalue weighted by Gasteiger charge is 2.39. The number of urea groups is 2. The van der Waals surface area contributed by atoms with Crippen LogP contribution in [0, 0.1) is 70.9 Å². The third-order valence-corrected chi connectivity index (χ3v) is 25.5. The van der Waals surface area contributed by atoms with E-state index in [0.29, 0.717) is 60.1 Å². The molecule has 0 aromatic carbocycles. The Balaban J connectivity index is 0.000000415. The number of carbonyl (C=O) groups excluding carboxylic acids is 5. The fraction of sp³-hybridized carbons (Fsp3) is 0.947. The summed E-state index contributed by atoms with van der Waals surface area (Å²) in [5.74, 6) is 0.905. The summed E-state index contributed by atoms with van der Waals surface area (Å²) in [5.41, 5.74) is 6.45. The minimum atomic E-state index is 0.0606. The van der Waals surface area contributed by atoms with Crippen LogP contribution in [0.2, 0.25) is 0 Å². The lowest BCUT2D eigenvalue weighted by Crippen LogP contribution is -2.50. The molecule has 3 saturated carbocycles. The molecular formula is C94H187N11O6. The zero-order valence-electron chi connectivity index (χ0n) is 79.8. The van der Waals surface area contributed by atoms with E-state index in [2.05, 4.69) is 211 Å². The molecule has 7 amide bonds. The van der Waals surface area contributed by atoms with Crippen molar-refractivity contribution in [2.75, 3.05) is 152 Å². The van der Waals surface area contributed by atoms with Crippen LogP contribution >= 0.6 is 0 Å². The van der Waals surface area contributed by atoms with E-state index >= 15 is 0 Å². The predicted octanol–water partition coefficient (Wildman–Crippen LogP) is 19.9. The zero-order chi connectivity index (χ0) is 85.1. The highest BCUT2D eigenvalue weighted by molar-refractivity contribution is 5.78. The Morgan fingerprint density at radius 1 is 0.360 bits per heavy atom. The Morgan fingerprint density at radius 2 is 0.703 bits per heavy atom. The monoisotopic (exact) mass is 1570 g/mol. The van der Waals surface area contributed by atoms with Crippen LogP contribution in [0.5, 0.6) is 0 Å². The standard InChI is InChI=1S/C11H22N2O.C11H21NO.C9H18N2O.C9H17NO.C9H17N.C8H15NO.C8H17N.2C6H13N.C6H12O.C6H12.C5H10/c1-9(2)12-10(14)13-7-5-11(3,4)6-8-13;1-9(2)10(13)12-7-5-11(3,4)6-8-12;1-9(2)4-6-11(7-5-9)8(12)10-3;1-8(11)10-6-4-9(2,3)5-7-10;1-9(2)5-6-10(7-9)8-3-4-8;1-7(10)9-5-4-8(2,3)6-9;1-8(2)4-6-9(3)7-5-8;1-6(2)4-7(3)5-6;2*1-6(2)3-4-7-5-6;1-6(2)4-3-5-6;1-5(2)3-4-5/h9H,5-8H2,1-4H3,(H,12,14);9H,5-8H2,1-4H3;4-7H2,1-3H3,(H,10,12);4-7H2,1-3H3;8H,3-7H2,1-2H3;4-6H2,1-3H3;4-7H2,1-3H3;4-5H2,1-3H3;7H,3-5H2,1-2H3;3-5H2,1-2H3;3-5H2,1-2H3;3-4H2,1-2H3. The molecule has 0 radical (unpaired) electrons. The van der Waals surface area contributed by atoms with Gasteiger partial charge in [-0.15, -0.1) is 0 Å². The number of hydrogen-bond acceptors (Lipinski definition) is 10. The summed E-state index contributed by atoms with van der Waals surface area (Å²) in [6.45, 7) is 87.6. The number of rotatable bonds is 3. The van der Waals surface area contributed by atoms with Gasteiger partial charge in [0, 0.05) is 137 Å². The van der Waals surface area contributed by atoms with Gasteiger partial charge in [-0.05, 0) is 248 Å². The van der Waals surface area contributed by atoms with E-state index in [1.165, 1.54) is 129 Å². The molecule has 13 aliphatic rings. The summed E-state index contributed by atoms with van der Waals surface area (Å²) >= 11 is 0. The minimum absolute atomic E-state index is 0.0606. The molecule has 0 atom stereocenters. The van der Waals surface area contributed by atoms with Gasteiger partial charge in [-0.3, -0.25) is 19.3 Å². The van der Waals surface area contributed by atoms with Gasteiger partial charge in [-0.1, -0.05) is 186 Å². The number of amides is 7. The van der Waals surface area contributed by atoms with Crippen molar-refractivity contribution in [1.29, 1.82) is 0 Å². The maximum absolute atomic E-state index is 11.6. The maximum Gasteiger partial charge on any atom is 0.317 e. The van der Waals surface area contributed by atoms with Gasteiger partial charge < -0.3 is 55.0 Å². The molecule has 3 aliphatic carbocycles. The van der Waals surface area contributed by atoms with Crippen LogP contribution in [-0.2, 0) is 19.1 Å². The molecule has 13 fully saturated rings. The second-order valence-electron chi connectivity index (χ2n) is 46.3. The molecule has 10 heterocycles. The Morgan fingerprint density at radius 3 is 0.910 bits per heavy atom. The van der Waals surface area contributed by atoms with Gasteiger partial charge in [0.2, 0.25) is 17.7 Å². The summed E-state index contributed by atoms with van der Waals surface area (Å²) in [7, 11) is 6.04. The predicted molar refractivity (Wildman–Crippen MR) is 474 cm³/mol. The topological polar surface area (TPSA) is 157 Å². The van der Waals surface area contributed by atoms with Gasteiger partial charge in [0.25, 0.3) is 0 Å². The van der Waals surface area contributed by atoms with E-state index in [1.807, 2.05) is 52.2 Å². The van der Waals surface area contributed by atoms with E-state index in [4.69, 9.17) is 4.74 Å². The van der Waals surface area contributed by atoms with Crippen LogP contribution in [0.3, 0.4) is 0 Å². The Kier molecular flexibility index (Phi) is 42.7. The summed E-state index contributed by atoms with van der Waals surface area (Å²) in [6, 6.07) is 1.38. The molecule has 13 rings (SSSR count). The third kappa shape index (κ3) is 47.7. The van der Waals surface area contributed by atoms with Gasteiger partial charge in [0.05, 0.1) is 6.61 Å². The van der Waals surface area contributed by atoms with Gasteiger partial charge in [-0.25, -0.2) is 9.59 Å². The van der Waals surface area contributed by atoms with Crippen molar-refractivity contribution < 1.29 is 28.7 Å². The molecule has 17 nitrogen and oxygen atoms in total. The molecule has 17 heteroatoms. The fourth-order valence-electron chi connectivity index (χ4n) is 15.0. The summed E-state index contributed by atoms with van der Waals surface area (Å²) in [4.78, 5) is 73.3. The molecule has 111 heavy (non-hydrogen) atoms. The van der Waals surface area contributed by atoms with Crippen LogP contribution < -0.4 is 16.0 Å². The van der Waals surface area contributed by atoms with Crippen LogP contribution in [0.25, 0.3) is 0 Å². The first-order valence-electron chi connectivity index (χ1n) is 44.8. The SMILES string of the molecule is CC(=O)N1CCC(C)(C)C1.CC(=O)N1CCC(C)(C)CC1.CC(C)C(=O)N1CCC(C)(C)CC1.CC(C)NC(=O)N1CCC(C)(C)CC1.CC1(C)CC1.CC1(C)CCC1.CC1(C)CCN(C2CC2)C1.CC1(C)CCNC1.CC1(C)CCOC1.CN1CC(C)(C)C1.CN1CCC(C)(C)CC1.CNC(=O)N1CCC(C)(C)CC1. The largest absolute Gasteiger partial charge is 0.381 e. The van der Waals surface area contributed by atoms with Gasteiger partial charge in [-0.2, -0.15) is 0 Å². The smallest absolute Gasteiger partial charge is 0.317 e. The number of hydrogen-bond donors (Lipinski definition) is 3. The molecule has 10 aliphatic heterocycles. The molecule has 0 aromatic heterocycles. The number of nitrogens with zero attached hydrogens (tertiary/aromatic N) is 8. The van der Waals surface area contributed by atoms with Crippen molar-refractivity contribution in [3.63, 3.8) is 0 Å². The molecule has 10 saturated heterocycles. The first-order valence-corrected chi connectivity index (χ1v) is 44.8. The van der Waals surface area contributed by atoms with Crippen molar-refractivity contribution in [2.45, 2.75) is 355 Å². The highest BCUT2D eigenvalue weighted by atomic mass is 16.5. The van der Waals surface area contributed by atoms with Crippen molar-refractivity contribution in [3.05, 3.63) is 0 Å². The van der Waals surface area contributed by atoms with Crippen molar-refractivity contribution in [1.82, 2.24) is 55.1 Å². The van der Waals surface area contributed by atoms with Crippen molar-refractivity contribution >= 4 is 29.8 Å². The molecule has 0 unspecified atom stereocenters. The normalized spacial score (nSPS) is 25.7. The van der Waals surface area contributed by atoms with Crippen molar-refractivity contribution in [2.24, 2.45) is 70.9 Å². The van der Waals surface area contributed by atoms with E-state index in [-0.39, 0.29) is 35.8 Å². The Bertz CT molecular complexity index is 2600. The summed E-state index contributed by atoms with van der Waals surface area (Å²) in [6.07, 6.45) is 27.1. The lowest BCUT2D eigenvalue weighted by Gasteiger charge is -2.43. The molecule has 0 bridgehead atoms. The molecule has 3 N–H and O–H groups in total. The molecule has 654 valence electrons. The van der Waals surface area contributed by atoms with Crippen molar-refractivity contribution in [3.8, 4) is 0 Å². The summed E-state index contributed by atoms with van der Waals surface area (Å²) < 4.78 is 5.16. The average Bonchev–Trinajstić information content (AvgIpc) is 1.74. The fourth-order valence-corrected chi connectivity index (χ4v) is 15.0. The number of carbonyl (C=O) groups is 5. The molecule has 0 aromatic rings. The van der Waals surface area contributed by atoms with Gasteiger partial charge in [0.15, 0.2) is 0 Å². The van der Waals surface area contributed by atoms with E-state index < -0.39 is 0 Å².